The highest BCUT2D eigenvalue weighted by atomic mass is 32.2. The SMILES string of the molecule is CCCC(O)C(O)(O)S.CCCC(O)C(O)(S)S.CCCCC(O)C(O)(S)S. The first-order chi connectivity index (χ1) is 12.4. The van der Waals surface area contributed by atoms with Gasteiger partial charge in [0, 0.05) is 0 Å². The monoisotopic (exact) mass is 502 g/mol. The number of hydrogen-bond acceptors (Lipinski definition) is 12. The minimum Gasteiger partial charge on any atom is -0.388 e. The molecule has 0 aromatic rings. The molecular formula is C16H38O7S5. The van der Waals surface area contributed by atoms with Crippen molar-refractivity contribution < 1.29 is 35.7 Å². The van der Waals surface area contributed by atoms with Crippen LogP contribution in [-0.2, 0) is 0 Å². The maximum Gasteiger partial charge on any atom is 0.237 e. The van der Waals surface area contributed by atoms with E-state index in [2.05, 4.69) is 63.1 Å². The Morgan fingerprint density at radius 1 is 0.571 bits per heavy atom. The fraction of sp³-hybridized carbons (Fsp3) is 1.00. The molecule has 3 unspecified atom stereocenters. The summed E-state index contributed by atoms with van der Waals surface area (Å²) in [7, 11) is 0. The molecule has 0 aliphatic carbocycles. The second-order valence-electron chi connectivity index (χ2n) is 6.33. The van der Waals surface area contributed by atoms with Crippen LogP contribution in [0.2, 0.25) is 0 Å². The zero-order valence-corrected chi connectivity index (χ0v) is 21.0. The molecule has 0 saturated carbocycles. The van der Waals surface area contributed by atoms with Gasteiger partial charge in [-0.25, -0.2) is 0 Å². The highest BCUT2D eigenvalue weighted by molar-refractivity contribution is 8.00. The van der Waals surface area contributed by atoms with Gasteiger partial charge in [0.25, 0.3) is 0 Å². The smallest absolute Gasteiger partial charge is 0.237 e. The fourth-order valence-corrected chi connectivity index (χ4v) is 2.17. The zero-order chi connectivity index (χ0) is 23.2. The molecule has 0 aromatic carbocycles. The van der Waals surface area contributed by atoms with Crippen molar-refractivity contribution >= 4 is 63.1 Å². The van der Waals surface area contributed by atoms with Gasteiger partial charge in [0.1, 0.15) is 18.3 Å². The van der Waals surface area contributed by atoms with Crippen molar-refractivity contribution in [1.29, 1.82) is 0 Å². The molecule has 12 heteroatoms. The van der Waals surface area contributed by atoms with Gasteiger partial charge in [-0.3, -0.25) is 0 Å². The van der Waals surface area contributed by atoms with Crippen molar-refractivity contribution in [3.63, 3.8) is 0 Å². The van der Waals surface area contributed by atoms with Crippen LogP contribution in [0.25, 0.3) is 0 Å². The van der Waals surface area contributed by atoms with E-state index < -0.39 is 32.0 Å². The standard InChI is InChI=1S/C6H14O2S2.C5H12O3S.C5H12O2S2/c1-2-3-4-5(7)6(8,9)10;2*1-2-3-4(6)5(7,8)9/h5,7-10H,2-4H2,1H3;2*4,6-9H,2-3H2,1H3. The minimum absolute atomic E-state index is 0.344. The average Bonchev–Trinajstić information content (AvgIpc) is 2.51. The minimum atomic E-state index is -2.24. The van der Waals surface area contributed by atoms with Crippen LogP contribution in [0.4, 0.5) is 0 Å². The summed E-state index contributed by atoms with van der Waals surface area (Å²) in [6, 6.07) is 0. The summed E-state index contributed by atoms with van der Waals surface area (Å²) >= 11 is 18.0. The number of aliphatic hydroxyl groups excluding tert-OH is 3. The third-order valence-electron chi connectivity index (χ3n) is 3.30. The molecule has 0 fully saturated rings. The van der Waals surface area contributed by atoms with Crippen molar-refractivity contribution in [3.8, 4) is 0 Å². The van der Waals surface area contributed by atoms with Crippen molar-refractivity contribution in [2.75, 3.05) is 0 Å². The Balaban J connectivity index is -0.000000336. The van der Waals surface area contributed by atoms with E-state index in [0.717, 1.165) is 19.3 Å². The maximum absolute atomic E-state index is 9.11. The van der Waals surface area contributed by atoms with Gasteiger partial charge in [0.2, 0.25) is 5.12 Å². The van der Waals surface area contributed by atoms with E-state index in [1.807, 2.05) is 20.8 Å². The van der Waals surface area contributed by atoms with E-state index in [0.29, 0.717) is 25.7 Å². The van der Waals surface area contributed by atoms with Crippen LogP contribution in [-0.4, -0.2) is 67.7 Å². The quantitative estimate of drug-likeness (QED) is 0.160. The number of aliphatic hydroxyl groups is 7. The molecule has 3 atom stereocenters. The van der Waals surface area contributed by atoms with Crippen molar-refractivity contribution in [2.45, 2.75) is 97.7 Å². The molecule has 174 valence electrons. The second-order valence-corrected chi connectivity index (χ2v) is 10.4. The molecule has 0 aliphatic heterocycles. The van der Waals surface area contributed by atoms with Gasteiger partial charge in [-0.1, -0.05) is 46.5 Å². The Morgan fingerprint density at radius 3 is 1.07 bits per heavy atom. The van der Waals surface area contributed by atoms with E-state index in [4.69, 9.17) is 35.7 Å². The molecule has 7 N–H and O–H groups in total. The first kappa shape index (κ1) is 34.1. The molecule has 0 aliphatic rings. The summed E-state index contributed by atoms with van der Waals surface area (Å²) in [5.74, 6) is 0. The Kier molecular flexibility index (Phi) is 20.8. The summed E-state index contributed by atoms with van der Waals surface area (Å²) in [6.07, 6.45) is 1.92. The molecule has 0 bridgehead atoms. The van der Waals surface area contributed by atoms with Crippen LogP contribution in [0.5, 0.6) is 0 Å². The predicted molar refractivity (Wildman–Crippen MR) is 129 cm³/mol. The average molecular weight is 503 g/mol. The topological polar surface area (TPSA) is 142 Å². The van der Waals surface area contributed by atoms with Gasteiger partial charge in [0.15, 0.2) is 8.53 Å². The Morgan fingerprint density at radius 2 is 0.893 bits per heavy atom. The van der Waals surface area contributed by atoms with Gasteiger partial charge in [0.05, 0.1) is 0 Å². The molecule has 0 saturated heterocycles. The van der Waals surface area contributed by atoms with Gasteiger partial charge in [-0.15, -0.1) is 63.1 Å². The van der Waals surface area contributed by atoms with Crippen LogP contribution >= 0.6 is 63.1 Å². The molecular weight excluding hydrogens is 465 g/mol. The molecule has 28 heavy (non-hydrogen) atoms. The van der Waals surface area contributed by atoms with Crippen LogP contribution in [0.15, 0.2) is 0 Å². The Labute approximate surface area is 196 Å². The molecule has 7 nitrogen and oxygen atoms in total. The summed E-state index contributed by atoms with van der Waals surface area (Å²) in [5.41, 5.74) is 0. The van der Waals surface area contributed by atoms with E-state index in [1.54, 1.807) is 0 Å². The van der Waals surface area contributed by atoms with E-state index in [-0.39, 0.29) is 0 Å². The number of thiol groups is 5. The highest BCUT2D eigenvalue weighted by Crippen LogP contribution is 2.24. The van der Waals surface area contributed by atoms with E-state index in [1.165, 1.54) is 0 Å². The van der Waals surface area contributed by atoms with E-state index >= 15 is 0 Å². The third kappa shape index (κ3) is 22.2. The van der Waals surface area contributed by atoms with Gasteiger partial charge >= 0.3 is 0 Å². The number of rotatable bonds is 10. The van der Waals surface area contributed by atoms with Gasteiger partial charge < -0.3 is 35.7 Å². The third-order valence-corrected chi connectivity index (χ3v) is 4.79. The summed E-state index contributed by atoms with van der Waals surface area (Å²) < 4.78 is -3.09. The first-order valence-corrected chi connectivity index (χ1v) is 11.2. The largest absolute Gasteiger partial charge is 0.388 e. The molecule has 0 spiro atoms. The fourth-order valence-electron chi connectivity index (χ4n) is 1.53. The Bertz CT molecular complexity index is 335. The first-order valence-electron chi connectivity index (χ1n) is 9.00. The zero-order valence-electron chi connectivity index (χ0n) is 16.5. The lowest BCUT2D eigenvalue weighted by Crippen LogP contribution is -2.36. The van der Waals surface area contributed by atoms with Crippen LogP contribution < -0.4 is 0 Å². The van der Waals surface area contributed by atoms with Crippen LogP contribution in [0.1, 0.15) is 65.7 Å². The molecule has 0 heterocycles. The van der Waals surface area contributed by atoms with Crippen molar-refractivity contribution in [1.82, 2.24) is 0 Å². The van der Waals surface area contributed by atoms with Gasteiger partial charge in [-0.05, 0) is 19.3 Å². The van der Waals surface area contributed by atoms with Crippen LogP contribution in [0.3, 0.4) is 0 Å². The van der Waals surface area contributed by atoms with Crippen molar-refractivity contribution in [2.24, 2.45) is 0 Å². The van der Waals surface area contributed by atoms with Gasteiger partial charge in [-0.2, -0.15) is 0 Å². The highest BCUT2D eigenvalue weighted by Gasteiger charge is 2.27. The number of unbranched alkanes of at least 4 members (excludes halogenated alkanes) is 1. The lowest BCUT2D eigenvalue weighted by Gasteiger charge is -2.21. The summed E-state index contributed by atoms with van der Waals surface area (Å²) in [5, 5.41) is 59.7. The molecule has 0 aromatic heterocycles. The summed E-state index contributed by atoms with van der Waals surface area (Å²) in [6.45, 7) is 5.77. The molecule has 0 radical (unpaired) electrons. The van der Waals surface area contributed by atoms with Crippen LogP contribution in [0, 0.1) is 0 Å². The normalized spacial score (nSPS) is 15.5. The lowest BCUT2D eigenvalue weighted by atomic mass is 10.2. The maximum atomic E-state index is 9.11. The van der Waals surface area contributed by atoms with E-state index in [9.17, 15) is 0 Å². The summed E-state index contributed by atoms with van der Waals surface area (Å²) in [4.78, 5) is 0. The molecule has 0 rings (SSSR count). The predicted octanol–water partition coefficient (Wildman–Crippen LogP) is 1.41. The second kappa shape index (κ2) is 17.1. The molecule has 0 amide bonds. The Hall–Kier alpha value is 1.47. The van der Waals surface area contributed by atoms with Crippen molar-refractivity contribution in [3.05, 3.63) is 0 Å². The number of hydrogen-bond donors (Lipinski definition) is 12. The lowest BCUT2D eigenvalue weighted by molar-refractivity contribution is -0.153.